The highest BCUT2D eigenvalue weighted by Crippen LogP contribution is 2.15. The van der Waals surface area contributed by atoms with E-state index >= 15 is 0 Å². The molecule has 118 valence electrons. The molecule has 1 heterocycles. The number of morpholine rings is 1. The number of nitrogens with zero attached hydrogens (tertiary/aromatic N) is 1. The van der Waals surface area contributed by atoms with Crippen LogP contribution in [-0.4, -0.2) is 60.2 Å². The molecule has 5 heteroatoms. The highest BCUT2D eigenvalue weighted by atomic mass is 35.5. The number of hydrogen-bond acceptors (Lipinski definition) is 4. The van der Waals surface area contributed by atoms with Crippen molar-refractivity contribution in [2.45, 2.75) is 58.0 Å². The van der Waals surface area contributed by atoms with Gasteiger partial charge in [0.2, 0.25) is 0 Å². The fourth-order valence-corrected chi connectivity index (χ4v) is 2.31. The Morgan fingerprint density at radius 1 is 1.45 bits per heavy atom. The minimum Gasteiger partial charge on any atom is -0.389 e. The molecule has 20 heavy (non-hydrogen) atoms. The maximum atomic E-state index is 10.1. The van der Waals surface area contributed by atoms with Crippen molar-refractivity contribution in [3.05, 3.63) is 0 Å². The van der Waals surface area contributed by atoms with E-state index in [1.165, 1.54) is 0 Å². The van der Waals surface area contributed by atoms with Crippen LogP contribution < -0.4 is 0 Å². The van der Waals surface area contributed by atoms with Gasteiger partial charge in [-0.2, -0.15) is 0 Å². The van der Waals surface area contributed by atoms with Crippen molar-refractivity contribution in [3.8, 4) is 12.3 Å². The number of rotatable bonds is 6. The molecule has 0 aromatic rings. The Bertz CT molecular complexity index is 311. The molecule has 0 saturated carbocycles. The summed E-state index contributed by atoms with van der Waals surface area (Å²) in [7, 11) is 0. The second-order valence-corrected chi connectivity index (χ2v) is 5.67. The lowest BCUT2D eigenvalue weighted by atomic mass is 10.1. The maximum Gasteiger partial charge on any atom is 0.125 e. The van der Waals surface area contributed by atoms with Crippen LogP contribution in [0.5, 0.6) is 0 Å². The monoisotopic (exact) mass is 305 g/mol. The third-order valence-corrected chi connectivity index (χ3v) is 3.54. The molecule has 1 saturated heterocycles. The minimum absolute atomic E-state index is 0. The quantitative estimate of drug-likeness (QED) is 0.759. The van der Waals surface area contributed by atoms with Crippen LogP contribution in [0.4, 0.5) is 0 Å². The van der Waals surface area contributed by atoms with Crippen LogP contribution >= 0.6 is 12.4 Å². The van der Waals surface area contributed by atoms with Crippen LogP contribution in [0, 0.1) is 12.3 Å². The number of aliphatic hydroxyl groups excluding tert-OH is 1. The van der Waals surface area contributed by atoms with Crippen molar-refractivity contribution < 1.29 is 14.6 Å². The average molecular weight is 306 g/mol. The summed E-state index contributed by atoms with van der Waals surface area (Å²) in [5, 5.41) is 10.1. The van der Waals surface area contributed by atoms with Crippen molar-refractivity contribution in [1.29, 1.82) is 0 Å². The Hall–Kier alpha value is -0.310. The molecule has 0 radical (unpaired) electrons. The second kappa shape index (κ2) is 8.86. The van der Waals surface area contributed by atoms with Crippen molar-refractivity contribution in [2.75, 3.05) is 26.2 Å². The van der Waals surface area contributed by atoms with Crippen LogP contribution in [-0.2, 0) is 9.47 Å². The molecule has 1 N–H and O–H groups in total. The summed E-state index contributed by atoms with van der Waals surface area (Å²) in [6.07, 6.45) is 6.08. The van der Waals surface area contributed by atoms with Crippen LogP contribution in [0.1, 0.15) is 34.1 Å². The fraction of sp³-hybridized carbons (Fsp3) is 0.867. The van der Waals surface area contributed by atoms with Crippen LogP contribution in [0.3, 0.4) is 0 Å². The molecule has 4 atom stereocenters. The van der Waals surface area contributed by atoms with Crippen LogP contribution in [0.25, 0.3) is 0 Å². The third kappa shape index (κ3) is 6.43. The standard InChI is InChI=1S/C15H27NO3.ClH/c1-6-15(5,7-2)18-11-14(17)10-16-8-12(3)19-13(4)9-16;/h1,12-14,17H,7-11H2,2-5H3;1H. The average Bonchev–Trinajstić information content (AvgIpc) is 2.35. The first-order valence-electron chi connectivity index (χ1n) is 7.06. The Morgan fingerprint density at radius 2 is 2.00 bits per heavy atom. The number of aliphatic hydroxyl groups is 1. The summed E-state index contributed by atoms with van der Waals surface area (Å²) in [5.74, 6) is 2.63. The van der Waals surface area contributed by atoms with Crippen LogP contribution in [0.2, 0.25) is 0 Å². The molecule has 0 spiro atoms. The SMILES string of the molecule is C#CC(C)(CC)OCC(O)CN1CC(C)OC(C)C1.Cl. The van der Waals surface area contributed by atoms with E-state index in [1.807, 2.05) is 13.8 Å². The molecule has 1 rings (SSSR count). The minimum atomic E-state index is -0.577. The van der Waals surface area contributed by atoms with Gasteiger partial charge in [0.15, 0.2) is 0 Å². The van der Waals surface area contributed by atoms with E-state index in [4.69, 9.17) is 15.9 Å². The van der Waals surface area contributed by atoms with Crippen molar-refractivity contribution in [3.63, 3.8) is 0 Å². The Morgan fingerprint density at radius 3 is 2.45 bits per heavy atom. The summed E-state index contributed by atoms with van der Waals surface area (Å²) in [6, 6.07) is 0. The topological polar surface area (TPSA) is 41.9 Å². The van der Waals surface area contributed by atoms with Gasteiger partial charge < -0.3 is 14.6 Å². The normalized spacial score (nSPS) is 28.0. The first kappa shape index (κ1) is 19.7. The van der Waals surface area contributed by atoms with Gasteiger partial charge in [-0.05, 0) is 27.2 Å². The van der Waals surface area contributed by atoms with E-state index in [9.17, 15) is 5.11 Å². The van der Waals surface area contributed by atoms with Gasteiger partial charge in [-0.1, -0.05) is 12.8 Å². The molecule has 4 unspecified atom stereocenters. The molecule has 1 fully saturated rings. The first-order chi connectivity index (χ1) is 8.88. The molecular weight excluding hydrogens is 278 g/mol. The fourth-order valence-electron chi connectivity index (χ4n) is 2.31. The van der Waals surface area contributed by atoms with E-state index in [-0.39, 0.29) is 31.2 Å². The zero-order valence-corrected chi connectivity index (χ0v) is 13.8. The molecule has 4 nitrogen and oxygen atoms in total. The zero-order chi connectivity index (χ0) is 14.5. The molecule has 0 aromatic carbocycles. The Labute approximate surface area is 129 Å². The van der Waals surface area contributed by atoms with Crippen molar-refractivity contribution in [1.82, 2.24) is 4.90 Å². The second-order valence-electron chi connectivity index (χ2n) is 5.67. The molecule has 1 aliphatic heterocycles. The highest BCUT2D eigenvalue weighted by molar-refractivity contribution is 5.85. The largest absolute Gasteiger partial charge is 0.389 e. The summed E-state index contributed by atoms with van der Waals surface area (Å²) < 4.78 is 11.3. The number of ether oxygens (including phenoxy) is 2. The zero-order valence-electron chi connectivity index (χ0n) is 13.0. The number of β-amino-alcohol motifs (C(OH)–C–C–N with tert-alkyl or cyclic N) is 1. The number of hydrogen-bond donors (Lipinski definition) is 1. The lowest BCUT2D eigenvalue weighted by Gasteiger charge is -2.36. The van der Waals surface area contributed by atoms with Gasteiger partial charge in [-0.25, -0.2) is 0 Å². The number of halogens is 1. The van der Waals surface area contributed by atoms with Crippen molar-refractivity contribution in [2.24, 2.45) is 0 Å². The summed E-state index contributed by atoms with van der Waals surface area (Å²) in [5.41, 5.74) is -0.577. The Kier molecular flexibility index (Phi) is 8.72. The smallest absolute Gasteiger partial charge is 0.125 e. The third-order valence-electron chi connectivity index (χ3n) is 3.54. The molecular formula is C15H28ClNO3. The maximum absolute atomic E-state index is 10.1. The van der Waals surface area contributed by atoms with Gasteiger partial charge in [0.25, 0.3) is 0 Å². The van der Waals surface area contributed by atoms with Crippen LogP contribution in [0.15, 0.2) is 0 Å². The van der Waals surface area contributed by atoms with Gasteiger partial charge in [-0.3, -0.25) is 4.90 Å². The highest BCUT2D eigenvalue weighted by Gasteiger charge is 2.25. The molecule has 1 aliphatic rings. The number of terminal acetylenes is 1. The van der Waals surface area contributed by atoms with Crippen molar-refractivity contribution >= 4 is 12.4 Å². The van der Waals surface area contributed by atoms with Gasteiger partial charge in [0.1, 0.15) is 5.60 Å². The van der Waals surface area contributed by atoms with Gasteiger partial charge in [0.05, 0.1) is 24.9 Å². The predicted octanol–water partition coefficient (Wildman–Crippen LogP) is 1.70. The molecule has 0 amide bonds. The van der Waals surface area contributed by atoms with Gasteiger partial charge in [0, 0.05) is 19.6 Å². The van der Waals surface area contributed by atoms with Gasteiger partial charge >= 0.3 is 0 Å². The molecule has 0 bridgehead atoms. The predicted molar refractivity (Wildman–Crippen MR) is 83.2 cm³/mol. The summed E-state index contributed by atoms with van der Waals surface area (Å²) in [6.45, 7) is 10.5. The first-order valence-corrected chi connectivity index (χ1v) is 7.06. The van der Waals surface area contributed by atoms with Gasteiger partial charge in [-0.15, -0.1) is 18.8 Å². The Balaban J connectivity index is 0.00000361. The van der Waals surface area contributed by atoms with E-state index in [2.05, 4.69) is 24.7 Å². The van der Waals surface area contributed by atoms with E-state index < -0.39 is 11.7 Å². The molecule has 0 aromatic heterocycles. The summed E-state index contributed by atoms with van der Waals surface area (Å²) >= 11 is 0. The lowest BCUT2D eigenvalue weighted by Crippen LogP contribution is -2.49. The van der Waals surface area contributed by atoms with E-state index in [0.29, 0.717) is 6.54 Å². The summed E-state index contributed by atoms with van der Waals surface area (Å²) in [4.78, 5) is 2.21. The molecule has 0 aliphatic carbocycles. The van der Waals surface area contributed by atoms with E-state index in [0.717, 1.165) is 19.5 Å². The van der Waals surface area contributed by atoms with E-state index in [1.54, 1.807) is 0 Å². The lowest BCUT2D eigenvalue weighted by molar-refractivity contribution is -0.0904.